The second kappa shape index (κ2) is 8.29. The van der Waals surface area contributed by atoms with E-state index in [-0.39, 0.29) is 12.4 Å². The molecule has 2 atom stereocenters. The van der Waals surface area contributed by atoms with E-state index in [2.05, 4.69) is 10.3 Å². The van der Waals surface area contributed by atoms with Crippen LogP contribution in [0.4, 0.5) is 10.5 Å². The maximum Gasteiger partial charge on any atom is 0.413 e. The molecule has 3 heterocycles. The highest BCUT2D eigenvalue weighted by Crippen LogP contribution is 2.51. The Balaban J connectivity index is 0.00000132. The van der Waals surface area contributed by atoms with Gasteiger partial charge in [0, 0.05) is 12.0 Å². The van der Waals surface area contributed by atoms with Crippen molar-refractivity contribution in [3.8, 4) is 5.88 Å². The number of amides is 1. The van der Waals surface area contributed by atoms with Gasteiger partial charge in [-0.1, -0.05) is 13.8 Å². The zero-order valence-corrected chi connectivity index (χ0v) is 19.6. The van der Waals surface area contributed by atoms with Crippen LogP contribution >= 0.6 is 0 Å². The Labute approximate surface area is 183 Å². The number of fused-ring (bicyclic) bond motifs is 3. The Hall–Kier alpha value is -2.36. The number of amidine groups is 1. The molecule has 2 unspecified atom stereocenters. The van der Waals surface area contributed by atoms with Gasteiger partial charge in [-0.25, -0.2) is 18.2 Å². The van der Waals surface area contributed by atoms with Gasteiger partial charge in [0.05, 0.1) is 29.8 Å². The van der Waals surface area contributed by atoms with Crippen LogP contribution in [0, 0.1) is 0 Å². The fourth-order valence-corrected chi connectivity index (χ4v) is 6.94. The Morgan fingerprint density at radius 3 is 2.58 bits per heavy atom. The van der Waals surface area contributed by atoms with Crippen molar-refractivity contribution in [3.63, 3.8) is 0 Å². The normalized spacial score (nSPS) is 25.1. The minimum absolute atomic E-state index is 0.148. The number of alkyl carbamates (subject to hydrolysis) is 1. The van der Waals surface area contributed by atoms with E-state index in [1.807, 2.05) is 13.8 Å². The van der Waals surface area contributed by atoms with E-state index in [4.69, 9.17) is 20.2 Å². The molecule has 1 saturated carbocycles. The third kappa shape index (κ3) is 4.09. The molecule has 2 aliphatic heterocycles. The molecule has 31 heavy (non-hydrogen) atoms. The monoisotopic (exact) mass is 452 g/mol. The highest BCUT2D eigenvalue weighted by atomic mass is 32.2. The molecule has 0 saturated heterocycles. The van der Waals surface area contributed by atoms with Crippen molar-refractivity contribution in [3.05, 3.63) is 17.8 Å². The van der Waals surface area contributed by atoms with Crippen LogP contribution in [-0.2, 0) is 14.6 Å². The van der Waals surface area contributed by atoms with Gasteiger partial charge in [-0.15, -0.1) is 0 Å². The Bertz CT molecular complexity index is 980. The summed E-state index contributed by atoms with van der Waals surface area (Å²) in [6.07, 6.45) is 2.66. The van der Waals surface area contributed by atoms with E-state index in [1.165, 1.54) is 6.20 Å². The fraction of sp³-hybridized carbons (Fsp3) is 0.667. The largest absolute Gasteiger partial charge is 0.477 e. The summed E-state index contributed by atoms with van der Waals surface area (Å²) in [5, 5.41) is 1.89. The lowest BCUT2D eigenvalue weighted by Gasteiger charge is -2.47. The van der Waals surface area contributed by atoms with E-state index in [0.29, 0.717) is 36.4 Å². The number of rotatable bonds is 0. The Kier molecular flexibility index (Phi) is 6.23. The molecule has 3 N–H and O–H groups in total. The number of nitrogens with zero attached hydrogens (tertiary/aromatic N) is 2. The van der Waals surface area contributed by atoms with Crippen LogP contribution in [0.3, 0.4) is 0 Å². The van der Waals surface area contributed by atoms with E-state index >= 15 is 0 Å². The van der Waals surface area contributed by atoms with E-state index in [9.17, 15) is 13.2 Å². The predicted octanol–water partition coefficient (Wildman–Crippen LogP) is 3.16. The lowest BCUT2D eigenvalue weighted by molar-refractivity contribution is 0.0559. The van der Waals surface area contributed by atoms with E-state index in [0.717, 1.165) is 6.42 Å². The molecule has 1 aliphatic carbocycles. The number of aliphatic imine (C=N–C) groups is 1. The maximum atomic E-state index is 13.7. The van der Waals surface area contributed by atoms with E-state index < -0.39 is 37.6 Å². The van der Waals surface area contributed by atoms with Gasteiger partial charge in [-0.3, -0.25) is 10.3 Å². The molecule has 1 spiro atoms. The third-order valence-electron chi connectivity index (χ3n) is 5.64. The summed E-state index contributed by atoms with van der Waals surface area (Å²) in [6, 6.07) is 0.901. The lowest BCUT2D eigenvalue weighted by atomic mass is 9.82. The summed E-state index contributed by atoms with van der Waals surface area (Å²) < 4.78 is 37.2. The number of nitrogens with two attached hydrogens (primary N) is 1. The van der Waals surface area contributed by atoms with Gasteiger partial charge in [-0.05, 0) is 46.1 Å². The van der Waals surface area contributed by atoms with Crippen LogP contribution in [0.1, 0.15) is 71.9 Å². The number of hydrogen-bond donors (Lipinski definition) is 2. The number of carbonyl (C=O) groups is 1. The predicted molar refractivity (Wildman–Crippen MR) is 119 cm³/mol. The molecule has 0 radical (unpaired) electrons. The zero-order valence-electron chi connectivity index (χ0n) is 18.8. The summed E-state index contributed by atoms with van der Waals surface area (Å²) in [4.78, 5) is 21.4. The molecular weight excluding hydrogens is 420 g/mol. The third-order valence-corrected chi connectivity index (χ3v) is 8.62. The quantitative estimate of drug-likeness (QED) is 0.617. The minimum atomic E-state index is -3.65. The summed E-state index contributed by atoms with van der Waals surface area (Å²) >= 11 is 0. The van der Waals surface area contributed by atoms with Crippen molar-refractivity contribution in [1.82, 2.24) is 10.3 Å². The van der Waals surface area contributed by atoms with Crippen LogP contribution in [0.25, 0.3) is 0 Å². The number of nitrogens with one attached hydrogen (secondary N) is 1. The van der Waals surface area contributed by atoms with Crippen molar-refractivity contribution in [2.45, 2.75) is 81.9 Å². The van der Waals surface area contributed by atoms with Gasteiger partial charge >= 0.3 is 6.09 Å². The Morgan fingerprint density at radius 1 is 1.32 bits per heavy atom. The van der Waals surface area contributed by atoms with Crippen LogP contribution < -0.4 is 15.8 Å². The molecule has 1 amide bonds. The number of ether oxygens (including phenoxy) is 2. The molecule has 172 valence electrons. The lowest BCUT2D eigenvalue weighted by Crippen LogP contribution is -2.64. The number of anilines is 1. The molecule has 3 aliphatic rings. The highest BCUT2D eigenvalue weighted by molar-refractivity contribution is 7.94. The number of nitrogen functional groups attached to an aromatic ring is 1. The van der Waals surface area contributed by atoms with Crippen LogP contribution in [0.2, 0.25) is 0 Å². The highest BCUT2D eigenvalue weighted by Gasteiger charge is 2.61. The Morgan fingerprint density at radius 2 is 2.00 bits per heavy atom. The molecule has 0 bridgehead atoms. The van der Waals surface area contributed by atoms with Crippen LogP contribution in [0.5, 0.6) is 5.88 Å². The number of hydrogen-bond acceptors (Lipinski definition) is 8. The van der Waals surface area contributed by atoms with Gasteiger partial charge in [0.1, 0.15) is 16.2 Å². The van der Waals surface area contributed by atoms with Crippen LogP contribution in [0.15, 0.2) is 17.3 Å². The van der Waals surface area contributed by atoms with Gasteiger partial charge in [0.15, 0.2) is 9.84 Å². The average Bonchev–Trinajstić information content (AvgIpc) is 2.80. The van der Waals surface area contributed by atoms with E-state index in [1.54, 1.807) is 26.8 Å². The molecule has 1 aromatic heterocycles. The standard InChI is InChI=1S/C19H26N4O5S.C2H6/c1-18(2,3)28-17(24)23-16-19(6-4-7-19)29(25,26)13-5-8-27-15-12(14(13)22-16)9-11(20)10-21-15;1-2/h9-10,13-14H,4-8,20H2,1-3H3,(H,22,23,24);1-2H3. The summed E-state index contributed by atoms with van der Waals surface area (Å²) in [5.41, 5.74) is 6.09. The first-order valence-corrected chi connectivity index (χ1v) is 12.3. The topological polar surface area (TPSA) is 133 Å². The summed E-state index contributed by atoms with van der Waals surface area (Å²) in [7, 11) is -3.65. The smallest absolute Gasteiger partial charge is 0.413 e. The van der Waals surface area contributed by atoms with Crippen molar-refractivity contribution in [2.24, 2.45) is 4.99 Å². The fourth-order valence-electron chi connectivity index (χ4n) is 4.17. The van der Waals surface area contributed by atoms with Gasteiger partial charge < -0.3 is 15.2 Å². The SMILES string of the molecule is CC.CC(C)(C)OC(=O)NC1=NC2c3cc(N)cnc3OCCC2S(=O)(=O)C12CCC2. The number of aromatic nitrogens is 1. The van der Waals surface area contributed by atoms with Crippen molar-refractivity contribution >= 4 is 27.5 Å². The molecular formula is C21H32N4O5S. The van der Waals surface area contributed by atoms with Gasteiger partial charge in [0.2, 0.25) is 5.88 Å². The molecule has 1 fully saturated rings. The van der Waals surface area contributed by atoms with Crippen molar-refractivity contribution in [1.29, 1.82) is 0 Å². The molecule has 9 nitrogen and oxygen atoms in total. The summed E-state index contributed by atoms with van der Waals surface area (Å²) in [5.74, 6) is 0.473. The second-order valence-corrected chi connectivity index (χ2v) is 11.3. The minimum Gasteiger partial charge on any atom is -0.477 e. The van der Waals surface area contributed by atoms with Crippen molar-refractivity contribution in [2.75, 3.05) is 12.3 Å². The second-order valence-electron chi connectivity index (χ2n) is 8.78. The van der Waals surface area contributed by atoms with Crippen molar-refractivity contribution < 1.29 is 22.7 Å². The molecule has 1 aromatic rings. The summed E-state index contributed by atoms with van der Waals surface area (Å²) in [6.45, 7) is 9.46. The molecule has 10 heteroatoms. The first kappa shape index (κ1) is 23.3. The average molecular weight is 453 g/mol. The number of sulfone groups is 1. The number of carbonyl (C=O) groups excluding carboxylic acids is 1. The van der Waals surface area contributed by atoms with Crippen LogP contribution in [-0.4, -0.2) is 47.5 Å². The zero-order chi connectivity index (χ0) is 23.0. The molecule has 4 rings (SSSR count). The molecule has 0 aromatic carbocycles. The number of pyridine rings is 1. The van der Waals surface area contributed by atoms with Gasteiger partial charge in [-0.2, -0.15) is 0 Å². The first-order valence-electron chi connectivity index (χ1n) is 10.7. The maximum absolute atomic E-state index is 13.7. The van der Waals surface area contributed by atoms with Gasteiger partial charge in [0.25, 0.3) is 0 Å². The first-order chi connectivity index (χ1) is 14.5.